The molecule has 1 aliphatic rings. The van der Waals surface area contributed by atoms with Gasteiger partial charge in [0.25, 0.3) is 5.91 Å². The Hall–Kier alpha value is -3.64. The number of anilines is 2. The monoisotopic (exact) mass is 429 g/mol. The molecule has 3 aromatic carbocycles. The maximum absolute atomic E-state index is 12.6. The third-order valence-electron chi connectivity index (χ3n) is 5.40. The summed E-state index contributed by atoms with van der Waals surface area (Å²) < 4.78 is 5.55. The van der Waals surface area contributed by atoms with E-state index in [1.807, 2.05) is 60.7 Å². The number of para-hydroxylation sites is 1. The standard InChI is InChI=1S/C26H27N3O3/c30-25(29-21-14-12-20(13-15-21)19-7-2-1-3-8-19)18-27-24-11-5-4-10-23(24)26(31)28-17-22-9-6-16-32-22/h1-5,7-8,10-15,22,27H,6,9,16-18H2,(H,28,31)(H,29,30)/t22-/m1/s1. The van der Waals surface area contributed by atoms with Crippen molar-refractivity contribution in [3.63, 3.8) is 0 Å². The summed E-state index contributed by atoms with van der Waals surface area (Å²) in [6.45, 7) is 1.30. The summed E-state index contributed by atoms with van der Waals surface area (Å²) in [7, 11) is 0. The lowest BCUT2D eigenvalue weighted by atomic mass is 10.1. The van der Waals surface area contributed by atoms with Gasteiger partial charge in [0.2, 0.25) is 5.91 Å². The van der Waals surface area contributed by atoms with E-state index in [0.29, 0.717) is 17.8 Å². The van der Waals surface area contributed by atoms with Crippen LogP contribution in [-0.4, -0.2) is 37.6 Å². The van der Waals surface area contributed by atoms with Crippen molar-refractivity contribution in [1.82, 2.24) is 5.32 Å². The highest BCUT2D eigenvalue weighted by Gasteiger charge is 2.18. The molecule has 2 amide bonds. The maximum atomic E-state index is 12.6. The molecule has 0 aliphatic carbocycles. The molecule has 1 aliphatic heterocycles. The smallest absolute Gasteiger partial charge is 0.253 e. The minimum absolute atomic E-state index is 0.0520. The lowest BCUT2D eigenvalue weighted by Crippen LogP contribution is -2.32. The molecule has 0 spiro atoms. The Morgan fingerprint density at radius 1 is 0.875 bits per heavy atom. The van der Waals surface area contributed by atoms with Gasteiger partial charge in [-0.15, -0.1) is 0 Å². The molecular formula is C26H27N3O3. The fourth-order valence-electron chi connectivity index (χ4n) is 3.70. The van der Waals surface area contributed by atoms with E-state index in [-0.39, 0.29) is 24.5 Å². The van der Waals surface area contributed by atoms with E-state index >= 15 is 0 Å². The summed E-state index contributed by atoms with van der Waals surface area (Å²) in [5.41, 5.74) is 4.06. The quantitative estimate of drug-likeness (QED) is 0.498. The number of benzene rings is 3. The zero-order chi connectivity index (χ0) is 22.2. The third kappa shape index (κ3) is 5.74. The molecular weight excluding hydrogens is 402 g/mol. The Morgan fingerprint density at radius 2 is 1.59 bits per heavy atom. The van der Waals surface area contributed by atoms with Gasteiger partial charge in [0, 0.05) is 24.5 Å². The predicted octanol–water partition coefficient (Wildman–Crippen LogP) is 4.31. The molecule has 164 valence electrons. The van der Waals surface area contributed by atoms with Crippen molar-refractivity contribution >= 4 is 23.2 Å². The molecule has 3 N–H and O–H groups in total. The first kappa shape index (κ1) is 21.6. The third-order valence-corrected chi connectivity index (χ3v) is 5.40. The second-order valence-corrected chi connectivity index (χ2v) is 7.74. The van der Waals surface area contributed by atoms with Gasteiger partial charge in [-0.05, 0) is 48.2 Å². The van der Waals surface area contributed by atoms with Gasteiger partial charge in [0.1, 0.15) is 0 Å². The topological polar surface area (TPSA) is 79.5 Å². The molecule has 0 bridgehead atoms. The SMILES string of the molecule is O=C(CNc1ccccc1C(=O)NC[C@H]1CCCO1)Nc1ccc(-c2ccccc2)cc1. The first-order valence-electron chi connectivity index (χ1n) is 10.9. The second kappa shape index (κ2) is 10.6. The van der Waals surface area contributed by atoms with Gasteiger partial charge >= 0.3 is 0 Å². The zero-order valence-electron chi connectivity index (χ0n) is 17.8. The van der Waals surface area contributed by atoms with Crippen LogP contribution in [0.4, 0.5) is 11.4 Å². The zero-order valence-corrected chi connectivity index (χ0v) is 17.8. The number of hydrogen-bond donors (Lipinski definition) is 3. The van der Waals surface area contributed by atoms with E-state index in [4.69, 9.17) is 4.74 Å². The highest BCUT2D eigenvalue weighted by molar-refractivity contribution is 6.01. The van der Waals surface area contributed by atoms with Crippen LogP contribution in [0.5, 0.6) is 0 Å². The van der Waals surface area contributed by atoms with Crippen molar-refractivity contribution in [3.8, 4) is 11.1 Å². The molecule has 1 saturated heterocycles. The van der Waals surface area contributed by atoms with Crippen LogP contribution in [0, 0.1) is 0 Å². The predicted molar refractivity (Wildman–Crippen MR) is 127 cm³/mol. The average molecular weight is 430 g/mol. The van der Waals surface area contributed by atoms with E-state index in [9.17, 15) is 9.59 Å². The second-order valence-electron chi connectivity index (χ2n) is 7.74. The Bertz CT molecular complexity index is 1050. The van der Waals surface area contributed by atoms with E-state index in [1.54, 1.807) is 18.2 Å². The Morgan fingerprint density at radius 3 is 2.34 bits per heavy atom. The van der Waals surface area contributed by atoms with Crippen molar-refractivity contribution in [1.29, 1.82) is 0 Å². The minimum Gasteiger partial charge on any atom is -0.376 e. The van der Waals surface area contributed by atoms with Crippen LogP contribution in [-0.2, 0) is 9.53 Å². The van der Waals surface area contributed by atoms with Crippen LogP contribution in [0.15, 0.2) is 78.9 Å². The molecule has 32 heavy (non-hydrogen) atoms. The summed E-state index contributed by atoms with van der Waals surface area (Å²) in [6.07, 6.45) is 2.08. The van der Waals surface area contributed by atoms with Crippen molar-refractivity contribution < 1.29 is 14.3 Å². The van der Waals surface area contributed by atoms with Gasteiger partial charge in [-0.3, -0.25) is 9.59 Å². The fourth-order valence-corrected chi connectivity index (χ4v) is 3.70. The highest BCUT2D eigenvalue weighted by atomic mass is 16.5. The average Bonchev–Trinajstić information content (AvgIpc) is 3.36. The molecule has 0 radical (unpaired) electrons. The van der Waals surface area contributed by atoms with Crippen molar-refractivity contribution in [2.75, 3.05) is 30.3 Å². The van der Waals surface area contributed by atoms with Crippen LogP contribution in [0.3, 0.4) is 0 Å². The lowest BCUT2D eigenvalue weighted by molar-refractivity contribution is -0.114. The molecule has 1 heterocycles. The Kier molecular flexibility index (Phi) is 7.15. The van der Waals surface area contributed by atoms with E-state index < -0.39 is 0 Å². The van der Waals surface area contributed by atoms with Gasteiger partial charge in [-0.1, -0.05) is 54.6 Å². The number of carbonyl (C=O) groups excluding carboxylic acids is 2. The molecule has 6 heteroatoms. The maximum Gasteiger partial charge on any atom is 0.253 e. The highest BCUT2D eigenvalue weighted by Crippen LogP contribution is 2.21. The first-order chi connectivity index (χ1) is 15.7. The van der Waals surface area contributed by atoms with Crippen molar-refractivity contribution in [3.05, 3.63) is 84.4 Å². The van der Waals surface area contributed by atoms with Crippen LogP contribution in [0.2, 0.25) is 0 Å². The summed E-state index contributed by atoms with van der Waals surface area (Å²) in [6, 6.07) is 25.0. The van der Waals surface area contributed by atoms with Gasteiger partial charge in [-0.25, -0.2) is 0 Å². The number of amides is 2. The van der Waals surface area contributed by atoms with Crippen molar-refractivity contribution in [2.24, 2.45) is 0 Å². The van der Waals surface area contributed by atoms with Crippen LogP contribution in [0.25, 0.3) is 11.1 Å². The minimum atomic E-state index is -0.188. The number of rotatable bonds is 8. The number of ether oxygens (including phenoxy) is 1. The molecule has 6 nitrogen and oxygen atoms in total. The fraction of sp³-hybridized carbons (Fsp3) is 0.231. The summed E-state index contributed by atoms with van der Waals surface area (Å²) in [5.74, 6) is -0.368. The number of nitrogens with one attached hydrogen (secondary N) is 3. The number of hydrogen-bond acceptors (Lipinski definition) is 4. The first-order valence-corrected chi connectivity index (χ1v) is 10.9. The normalized spacial score (nSPS) is 15.2. The van der Waals surface area contributed by atoms with Crippen LogP contribution in [0.1, 0.15) is 23.2 Å². The van der Waals surface area contributed by atoms with Gasteiger partial charge in [0.05, 0.1) is 18.2 Å². The van der Waals surface area contributed by atoms with Gasteiger partial charge in [-0.2, -0.15) is 0 Å². The van der Waals surface area contributed by atoms with Gasteiger partial charge in [0.15, 0.2) is 0 Å². The van der Waals surface area contributed by atoms with Crippen LogP contribution < -0.4 is 16.0 Å². The van der Waals surface area contributed by atoms with E-state index in [0.717, 1.165) is 36.3 Å². The molecule has 1 atom stereocenters. The van der Waals surface area contributed by atoms with E-state index in [1.165, 1.54) is 0 Å². The molecule has 1 fully saturated rings. The lowest BCUT2D eigenvalue weighted by Gasteiger charge is -2.14. The largest absolute Gasteiger partial charge is 0.376 e. The molecule has 4 rings (SSSR count). The molecule has 0 unspecified atom stereocenters. The van der Waals surface area contributed by atoms with Gasteiger partial charge < -0.3 is 20.7 Å². The summed E-state index contributed by atoms with van der Waals surface area (Å²) in [5, 5.41) is 8.88. The van der Waals surface area contributed by atoms with Crippen molar-refractivity contribution in [2.45, 2.75) is 18.9 Å². The summed E-state index contributed by atoms with van der Waals surface area (Å²) >= 11 is 0. The Balaban J connectivity index is 1.30. The Labute approximate surface area is 188 Å². The summed E-state index contributed by atoms with van der Waals surface area (Å²) in [4.78, 5) is 25.0. The molecule has 3 aromatic rings. The number of carbonyl (C=O) groups is 2. The van der Waals surface area contributed by atoms with Crippen LogP contribution >= 0.6 is 0 Å². The molecule has 0 saturated carbocycles. The molecule has 0 aromatic heterocycles. The van der Waals surface area contributed by atoms with E-state index in [2.05, 4.69) is 16.0 Å².